The average Bonchev–Trinajstić information content (AvgIpc) is 2.68. The Kier molecular flexibility index (Phi) is 2.53. The van der Waals surface area contributed by atoms with Crippen molar-refractivity contribution >= 4 is 11.6 Å². The van der Waals surface area contributed by atoms with Crippen LogP contribution >= 0.6 is 11.6 Å². The summed E-state index contributed by atoms with van der Waals surface area (Å²) in [5.41, 5.74) is 3.02. The number of nitrogens with one attached hydrogen (secondary N) is 1. The molecule has 0 amide bonds. The van der Waals surface area contributed by atoms with E-state index < -0.39 is 0 Å². The molecule has 0 aliphatic carbocycles. The highest BCUT2D eigenvalue weighted by atomic mass is 35.5. The van der Waals surface area contributed by atoms with Gasteiger partial charge in [-0.25, -0.2) is 4.68 Å². The van der Waals surface area contributed by atoms with Gasteiger partial charge in [0.25, 0.3) is 0 Å². The van der Waals surface area contributed by atoms with Crippen molar-refractivity contribution in [2.75, 3.05) is 6.54 Å². The zero-order valence-electron chi connectivity index (χ0n) is 9.15. The number of halogens is 1. The molecular formula is C12H12ClN3O. The number of aromatic hydroxyl groups is 1. The second-order valence-corrected chi connectivity index (χ2v) is 4.43. The van der Waals surface area contributed by atoms with E-state index in [2.05, 4.69) is 10.4 Å². The van der Waals surface area contributed by atoms with Crippen molar-refractivity contribution in [3.05, 3.63) is 40.7 Å². The summed E-state index contributed by atoms with van der Waals surface area (Å²) in [6.45, 7) is 1.68. The molecule has 0 atom stereocenters. The first-order valence-corrected chi connectivity index (χ1v) is 5.90. The highest BCUT2D eigenvalue weighted by Crippen LogP contribution is 2.26. The molecule has 0 unspecified atom stereocenters. The monoisotopic (exact) mass is 249 g/mol. The number of hydrogen-bond donors (Lipinski definition) is 2. The molecular weight excluding hydrogens is 238 g/mol. The van der Waals surface area contributed by atoms with E-state index in [0.29, 0.717) is 5.15 Å². The fourth-order valence-corrected chi connectivity index (χ4v) is 2.40. The summed E-state index contributed by atoms with van der Waals surface area (Å²) in [4.78, 5) is 0. The highest BCUT2D eigenvalue weighted by Gasteiger charge is 2.20. The smallest absolute Gasteiger partial charge is 0.156 e. The van der Waals surface area contributed by atoms with Gasteiger partial charge in [-0.2, -0.15) is 5.10 Å². The van der Waals surface area contributed by atoms with Crippen molar-refractivity contribution in [3.63, 3.8) is 0 Å². The number of aromatic nitrogens is 2. The fraction of sp³-hybridized carbons (Fsp3) is 0.250. The number of phenols is 1. The van der Waals surface area contributed by atoms with E-state index in [0.717, 1.165) is 36.5 Å². The zero-order valence-corrected chi connectivity index (χ0v) is 9.91. The molecule has 1 aliphatic rings. The third-order valence-corrected chi connectivity index (χ3v) is 3.26. The number of hydrogen-bond acceptors (Lipinski definition) is 3. The standard InChI is InChI=1S/C12H12ClN3O/c13-12-10-7-14-5-4-11(10)16(15-12)8-2-1-3-9(17)6-8/h1-3,6,14,17H,4-5,7H2. The van der Waals surface area contributed by atoms with E-state index in [1.165, 1.54) is 0 Å². The van der Waals surface area contributed by atoms with Crippen molar-refractivity contribution in [2.24, 2.45) is 0 Å². The quantitative estimate of drug-likeness (QED) is 0.811. The highest BCUT2D eigenvalue weighted by molar-refractivity contribution is 6.30. The summed E-state index contributed by atoms with van der Waals surface area (Å²) in [6.07, 6.45) is 0.894. The van der Waals surface area contributed by atoms with Crippen LogP contribution in [-0.4, -0.2) is 21.4 Å². The SMILES string of the molecule is Oc1cccc(-n2nc(Cl)c3c2CCNC3)c1. The Bertz CT molecular complexity index is 565. The Morgan fingerprint density at radius 1 is 1.41 bits per heavy atom. The van der Waals surface area contributed by atoms with E-state index in [4.69, 9.17) is 11.6 Å². The summed E-state index contributed by atoms with van der Waals surface area (Å²) in [5.74, 6) is 0.233. The first-order valence-electron chi connectivity index (χ1n) is 5.52. The van der Waals surface area contributed by atoms with Crippen molar-refractivity contribution in [1.82, 2.24) is 15.1 Å². The molecule has 17 heavy (non-hydrogen) atoms. The normalized spacial score (nSPS) is 14.6. The maximum atomic E-state index is 9.50. The third-order valence-electron chi connectivity index (χ3n) is 2.96. The second kappa shape index (κ2) is 4.05. The van der Waals surface area contributed by atoms with Gasteiger partial charge in [-0.15, -0.1) is 0 Å². The molecule has 2 aromatic rings. The number of phenolic OH excluding ortho intramolecular Hbond substituents is 1. The maximum Gasteiger partial charge on any atom is 0.156 e. The molecule has 2 N–H and O–H groups in total. The summed E-state index contributed by atoms with van der Waals surface area (Å²) in [5, 5.41) is 17.6. The van der Waals surface area contributed by atoms with Crippen LogP contribution in [0.15, 0.2) is 24.3 Å². The first-order chi connectivity index (χ1) is 8.25. The average molecular weight is 250 g/mol. The third kappa shape index (κ3) is 1.79. The second-order valence-electron chi connectivity index (χ2n) is 4.07. The van der Waals surface area contributed by atoms with Gasteiger partial charge in [0.2, 0.25) is 0 Å². The van der Waals surface area contributed by atoms with Gasteiger partial charge in [0.15, 0.2) is 5.15 Å². The van der Waals surface area contributed by atoms with Gasteiger partial charge in [0.05, 0.1) is 11.4 Å². The topological polar surface area (TPSA) is 50.1 Å². The summed E-state index contributed by atoms with van der Waals surface area (Å²) in [7, 11) is 0. The minimum Gasteiger partial charge on any atom is -0.508 e. The predicted molar refractivity (Wildman–Crippen MR) is 65.6 cm³/mol. The van der Waals surface area contributed by atoms with E-state index in [9.17, 15) is 5.11 Å². The maximum absolute atomic E-state index is 9.50. The van der Waals surface area contributed by atoms with Crippen LogP contribution in [0.25, 0.3) is 5.69 Å². The van der Waals surface area contributed by atoms with E-state index in [1.807, 2.05) is 10.7 Å². The first kappa shape index (κ1) is 10.6. The van der Waals surface area contributed by atoms with Gasteiger partial charge < -0.3 is 10.4 Å². The lowest BCUT2D eigenvalue weighted by Gasteiger charge is -2.15. The van der Waals surface area contributed by atoms with Crippen molar-refractivity contribution in [2.45, 2.75) is 13.0 Å². The van der Waals surface area contributed by atoms with Gasteiger partial charge in [0, 0.05) is 31.1 Å². The Hall–Kier alpha value is -1.52. The van der Waals surface area contributed by atoms with Gasteiger partial charge in [-0.1, -0.05) is 17.7 Å². The van der Waals surface area contributed by atoms with Gasteiger partial charge >= 0.3 is 0 Å². The lowest BCUT2D eigenvalue weighted by atomic mass is 10.1. The van der Waals surface area contributed by atoms with Crippen molar-refractivity contribution in [1.29, 1.82) is 0 Å². The van der Waals surface area contributed by atoms with Gasteiger partial charge in [-0.3, -0.25) is 0 Å². The molecule has 3 rings (SSSR count). The molecule has 88 valence electrons. The van der Waals surface area contributed by atoms with Crippen molar-refractivity contribution in [3.8, 4) is 11.4 Å². The molecule has 0 fully saturated rings. The van der Waals surface area contributed by atoms with Crippen LogP contribution in [0.5, 0.6) is 5.75 Å². The van der Waals surface area contributed by atoms with E-state index >= 15 is 0 Å². The van der Waals surface area contributed by atoms with Crippen LogP contribution in [0.4, 0.5) is 0 Å². The Labute approximate surface area is 104 Å². The van der Waals surface area contributed by atoms with Crippen LogP contribution in [0.1, 0.15) is 11.3 Å². The summed E-state index contributed by atoms with van der Waals surface area (Å²) < 4.78 is 1.82. The largest absolute Gasteiger partial charge is 0.508 e. The van der Waals surface area contributed by atoms with Crippen LogP contribution in [-0.2, 0) is 13.0 Å². The van der Waals surface area contributed by atoms with Crippen LogP contribution in [0, 0.1) is 0 Å². The number of fused-ring (bicyclic) bond motifs is 1. The number of nitrogens with zero attached hydrogens (tertiary/aromatic N) is 2. The van der Waals surface area contributed by atoms with Crippen molar-refractivity contribution < 1.29 is 5.11 Å². The Balaban J connectivity index is 2.15. The molecule has 1 aromatic heterocycles. The number of rotatable bonds is 1. The molecule has 0 saturated heterocycles. The molecule has 0 bridgehead atoms. The molecule has 0 radical (unpaired) electrons. The lowest BCUT2D eigenvalue weighted by molar-refractivity contribution is 0.474. The van der Waals surface area contributed by atoms with E-state index in [-0.39, 0.29) is 5.75 Å². The molecule has 1 aromatic carbocycles. The van der Waals surface area contributed by atoms with Crippen LogP contribution in [0.2, 0.25) is 5.15 Å². The zero-order chi connectivity index (χ0) is 11.8. The Morgan fingerprint density at radius 2 is 2.29 bits per heavy atom. The lowest BCUT2D eigenvalue weighted by Crippen LogP contribution is -2.24. The minimum atomic E-state index is 0.233. The fourth-order valence-electron chi connectivity index (χ4n) is 2.15. The molecule has 0 saturated carbocycles. The predicted octanol–water partition coefficient (Wildman–Crippen LogP) is 1.88. The molecule has 2 heterocycles. The minimum absolute atomic E-state index is 0.233. The number of benzene rings is 1. The molecule has 0 spiro atoms. The van der Waals surface area contributed by atoms with Crippen LogP contribution in [0.3, 0.4) is 0 Å². The summed E-state index contributed by atoms with van der Waals surface area (Å²) in [6, 6.07) is 7.04. The van der Waals surface area contributed by atoms with E-state index in [1.54, 1.807) is 18.2 Å². The molecule has 5 heteroatoms. The van der Waals surface area contributed by atoms with Gasteiger partial charge in [-0.05, 0) is 12.1 Å². The molecule has 1 aliphatic heterocycles. The molecule has 4 nitrogen and oxygen atoms in total. The van der Waals surface area contributed by atoms with Crippen LogP contribution < -0.4 is 5.32 Å². The van der Waals surface area contributed by atoms with Gasteiger partial charge in [0.1, 0.15) is 5.75 Å². The Morgan fingerprint density at radius 3 is 3.12 bits per heavy atom. The summed E-state index contributed by atoms with van der Waals surface area (Å²) >= 11 is 6.12.